The Kier molecular flexibility index (Phi) is 9.92. The molecule has 1 aromatic carbocycles. The number of rotatable bonds is 7. The lowest BCUT2D eigenvalue weighted by atomic mass is 10.2. The zero-order valence-corrected chi connectivity index (χ0v) is 19.0. The van der Waals surface area contributed by atoms with Crippen LogP contribution in [0.25, 0.3) is 0 Å². The highest BCUT2D eigenvalue weighted by atomic mass is 127. The molecule has 1 fully saturated rings. The van der Waals surface area contributed by atoms with E-state index in [1.807, 2.05) is 36.4 Å². The molecular formula is C20H29IN6O2. The number of carbonyl (C=O) groups is 1. The van der Waals surface area contributed by atoms with Crippen LogP contribution < -0.4 is 10.6 Å². The molecule has 0 aliphatic carbocycles. The number of halogens is 1. The molecule has 0 radical (unpaired) electrons. The first-order chi connectivity index (χ1) is 13.8. The fourth-order valence-corrected chi connectivity index (χ4v) is 3.18. The Morgan fingerprint density at radius 1 is 1.10 bits per heavy atom. The fraction of sp³-hybridized carbons (Fsp3) is 0.450. The summed E-state index contributed by atoms with van der Waals surface area (Å²) < 4.78 is 4.89. The van der Waals surface area contributed by atoms with Gasteiger partial charge in [0.05, 0.1) is 5.69 Å². The number of piperazine rings is 1. The Morgan fingerprint density at radius 2 is 1.83 bits per heavy atom. The molecule has 1 amide bonds. The molecule has 1 aliphatic heterocycles. The van der Waals surface area contributed by atoms with E-state index >= 15 is 0 Å². The van der Waals surface area contributed by atoms with Crippen LogP contribution in [0.15, 0.2) is 52.2 Å². The number of aromatic nitrogens is 1. The number of aliphatic imine (C=N–C) groups is 1. The Balaban J connectivity index is 0.00000300. The highest BCUT2D eigenvalue weighted by Crippen LogP contribution is 2.07. The molecule has 9 heteroatoms. The molecule has 2 aromatic rings. The van der Waals surface area contributed by atoms with Crippen LogP contribution in [0.3, 0.4) is 0 Å². The van der Waals surface area contributed by atoms with Crippen molar-refractivity contribution in [3.63, 3.8) is 0 Å². The molecule has 8 nitrogen and oxygen atoms in total. The van der Waals surface area contributed by atoms with Gasteiger partial charge in [0.2, 0.25) is 0 Å². The van der Waals surface area contributed by atoms with Crippen LogP contribution >= 0.6 is 24.0 Å². The predicted octanol–water partition coefficient (Wildman–Crippen LogP) is 1.81. The lowest BCUT2D eigenvalue weighted by molar-refractivity contribution is 0.0953. The van der Waals surface area contributed by atoms with Gasteiger partial charge in [-0.05, 0) is 18.6 Å². The van der Waals surface area contributed by atoms with Gasteiger partial charge in [0.25, 0.3) is 5.91 Å². The summed E-state index contributed by atoms with van der Waals surface area (Å²) in [6.45, 7) is 5.97. The van der Waals surface area contributed by atoms with Crippen molar-refractivity contribution in [2.45, 2.75) is 13.0 Å². The molecule has 3 rings (SSSR count). The number of hydrogen-bond acceptors (Lipinski definition) is 5. The van der Waals surface area contributed by atoms with Gasteiger partial charge in [-0.3, -0.25) is 14.7 Å². The van der Waals surface area contributed by atoms with Crippen LogP contribution in [0, 0.1) is 0 Å². The summed E-state index contributed by atoms with van der Waals surface area (Å²) >= 11 is 0. The summed E-state index contributed by atoms with van der Waals surface area (Å²) in [6.07, 6.45) is 2.45. The minimum atomic E-state index is -0.0341. The van der Waals surface area contributed by atoms with Crippen LogP contribution in [-0.4, -0.2) is 73.1 Å². The molecule has 0 saturated carbocycles. The third kappa shape index (κ3) is 7.32. The molecule has 0 unspecified atom stereocenters. The van der Waals surface area contributed by atoms with E-state index in [4.69, 9.17) is 4.52 Å². The molecule has 1 saturated heterocycles. The van der Waals surface area contributed by atoms with Crippen LogP contribution in [-0.2, 0) is 6.54 Å². The standard InChI is InChI=1S/C20H28N6O2.HI/c1-21-20(23-10-5-9-22-19(27)17-6-3-2-4-7-17)26-13-11-25(12-14-26)16-18-8-15-28-24-18;/h2-4,6-8,15H,5,9-14,16H2,1H3,(H,21,23)(H,22,27);1H. The van der Waals surface area contributed by atoms with Crippen molar-refractivity contribution < 1.29 is 9.32 Å². The molecule has 0 spiro atoms. The van der Waals surface area contributed by atoms with Gasteiger partial charge in [-0.25, -0.2) is 0 Å². The maximum atomic E-state index is 12.0. The van der Waals surface area contributed by atoms with Crippen LogP contribution in [0.2, 0.25) is 0 Å². The summed E-state index contributed by atoms with van der Waals surface area (Å²) in [5, 5.41) is 10.3. The maximum absolute atomic E-state index is 12.0. The van der Waals surface area contributed by atoms with Gasteiger partial charge in [0.1, 0.15) is 6.26 Å². The van der Waals surface area contributed by atoms with Crippen molar-refractivity contribution in [3.8, 4) is 0 Å². The summed E-state index contributed by atoms with van der Waals surface area (Å²) in [5.74, 6) is 0.878. The SMILES string of the molecule is CN=C(NCCCNC(=O)c1ccccc1)N1CCN(Cc2ccon2)CC1.I. The lowest BCUT2D eigenvalue weighted by Gasteiger charge is -2.36. The fourth-order valence-electron chi connectivity index (χ4n) is 3.18. The topological polar surface area (TPSA) is 86.0 Å². The van der Waals surface area contributed by atoms with Gasteiger partial charge in [-0.2, -0.15) is 0 Å². The average molecular weight is 512 g/mol. The number of nitrogens with zero attached hydrogens (tertiary/aromatic N) is 4. The molecule has 2 N–H and O–H groups in total. The zero-order chi connectivity index (χ0) is 19.6. The van der Waals surface area contributed by atoms with E-state index in [9.17, 15) is 4.79 Å². The number of guanidine groups is 1. The summed E-state index contributed by atoms with van der Waals surface area (Å²) in [4.78, 5) is 21.0. The molecule has 29 heavy (non-hydrogen) atoms. The smallest absolute Gasteiger partial charge is 0.251 e. The highest BCUT2D eigenvalue weighted by molar-refractivity contribution is 14.0. The first kappa shape index (κ1) is 23.1. The lowest BCUT2D eigenvalue weighted by Crippen LogP contribution is -2.52. The van der Waals surface area contributed by atoms with Crippen molar-refractivity contribution in [1.29, 1.82) is 0 Å². The van der Waals surface area contributed by atoms with E-state index in [-0.39, 0.29) is 29.9 Å². The maximum Gasteiger partial charge on any atom is 0.251 e. The van der Waals surface area contributed by atoms with Gasteiger partial charge < -0.3 is 20.1 Å². The molecular weight excluding hydrogens is 483 g/mol. The monoisotopic (exact) mass is 512 g/mol. The molecule has 0 bridgehead atoms. The third-order valence-electron chi connectivity index (χ3n) is 4.72. The van der Waals surface area contributed by atoms with Crippen molar-refractivity contribution in [2.75, 3.05) is 46.3 Å². The molecule has 1 aliphatic rings. The molecule has 1 aromatic heterocycles. The van der Waals surface area contributed by atoms with E-state index in [2.05, 4.69) is 30.6 Å². The number of nitrogens with one attached hydrogen (secondary N) is 2. The van der Waals surface area contributed by atoms with Gasteiger partial charge in [-0.15, -0.1) is 24.0 Å². The van der Waals surface area contributed by atoms with Crippen molar-refractivity contribution in [1.82, 2.24) is 25.6 Å². The first-order valence-corrected chi connectivity index (χ1v) is 9.66. The number of amides is 1. The van der Waals surface area contributed by atoms with Gasteiger partial charge in [-0.1, -0.05) is 23.4 Å². The second-order valence-corrected chi connectivity index (χ2v) is 6.70. The van der Waals surface area contributed by atoms with Crippen LogP contribution in [0.4, 0.5) is 0 Å². The van der Waals surface area contributed by atoms with E-state index in [0.29, 0.717) is 12.1 Å². The minimum Gasteiger partial charge on any atom is -0.364 e. The van der Waals surface area contributed by atoms with E-state index in [1.54, 1.807) is 13.3 Å². The quantitative estimate of drug-likeness (QED) is 0.255. The molecule has 0 atom stereocenters. The van der Waals surface area contributed by atoms with E-state index in [1.165, 1.54) is 0 Å². The number of hydrogen-bond donors (Lipinski definition) is 2. The zero-order valence-electron chi connectivity index (χ0n) is 16.7. The normalized spacial score (nSPS) is 14.9. The Labute approximate surface area is 188 Å². The minimum absolute atomic E-state index is 0. The van der Waals surface area contributed by atoms with Crippen LogP contribution in [0.1, 0.15) is 22.5 Å². The van der Waals surface area contributed by atoms with Gasteiger partial charge >= 0.3 is 0 Å². The number of benzene rings is 1. The van der Waals surface area contributed by atoms with Gasteiger partial charge in [0, 0.05) is 64.5 Å². The summed E-state index contributed by atoms with van der Waals surface area (Å²) in [6, 6.07) is 11.2. The summed E-state index contributed by atoms with van der Waals surface area (Å²) in [7, 11) is 1.81. The average Bonchev–Trinajstić information content (AvgIpc) is 3.25. The Hall–Kier alpha value is -2.14. The summed E-state index contributed by atoms with van der Waals surface area (Å²) in [5.41, 5.74) is 1.66. The van der Waals surface area contributed by atoms with Crippen molar-refractivity contribution >= 4 is 35.8 Å². The first-order valence-electron chi connectivity index (χ1n) is 9.66. The van der Waals surface area contributed by atoms with E-state index < -0.39 is 0 Å². The largest absolute Gasteiger partial charge is 0.364 e. The molecule has 2 heterocycles. The Morgan fingerprint density at radius 3 is 2.48 bits per heavy atom. The second kappa shape index (κ2) is 12.4. The molecule has 158 valence electrons. The highest BCUT2D eigenvalue weighted by Gasteiger charge is 2.20. The van der Waals surface area contributed by atoms with Crippen LogP contribution in [0.5, 0.6) is 0 Å². The van der Waals surface area contributed by atoms with Gasteiger partial charge in [0.15, 0.2) is 5.96 Å². The second-order valence-electron chi connectivity index (χ2n) is 6.70. The van der Waals surface area contributed by atoms with E-state index in [0.717, 1.165) is 57.3 Å². The van der Waals surface area contributed by atoms with Crippen molar-refractivity contribution in [2.24, 2.45) is 4.99 Å². The van der Waals surface area contributed by atoms with Crippen molar-refractivity contribution in [3.05, 3.63) is 53.9 Å². The predicted molar refractivity (Wildman–Crippen MR) is 124 cm³/mol. The third-order valence-corrected chi connectivity index (χ3v) is 4.72. The Bertz CT molecular complexity index is 746. The number of carbonyl (C=O) groups excluding carboxylic acids is 1.